The SMILES string of the molecule is CC(NCc1cc(F)cc(/C(N)=N/O)c1)c1nncn1C. The number of hydrogen-bond donors (Lipinski definition) is 3. The minimum atomic E-state index is -0.442. The number of halogens is 1. The molecular formula is C13H17FN6O. The van der Waals surface area contributed by atoms with Crippen molar-refractivity contribution in [3.8, 4) is 0 Å². The Morgan fingerprint density at radius 3 is 2.90 bits per heavy atom. The van der Waals surface area contributed by atoms with E-state index in [0.29, 0.717) is 17.7 Å². The summed E-state index contributed by atoms with van der Waals surface area (Å²) in [7, 11) is 1.85. The molecule has 1 heterocycles. The molecule has 2 rings (SSSR count). The summed E-state index contributed by atoms with van der Waals surface area (Å²) in [5.41, 5.74) is 6.50. The molecule has 2 aromatic rings. The van der Waals surface area contributed by atoms with Crippen LogP contribution in [0.25, 0.3) is 0 Å². The van der Waals surface area contributed by atoms with Crippen LogP contribution < -0.4 is 11.1 Å². The lowest BCUT2D eigenvalue weighted by Gasteiger charge is -2.13. The summed E-state index contributed by atoms with van der Waals surface area (Å²) in [6.07, 6.45) is 1.62. The molecule has 0 saturated carbocycles. The summed E-state index contributed by atoms with van der Waals surface area (Å²) >= 11 is 0. The quantitative estimate of drug-likeness (QED) is 0.329. The van der Waals surface area contributed by atoms with Crippen LogP contribution in [-0.2, 0) is 13.6 Å². The summed E-state index contributed by atoms with van der Waals surface area (Å²) in [5.74, 6) is 0.211. The first-order valence-corrected chi connectivity index (χ1v) is 6.36. The van der Waals surface area contributed by atoms with Crippen LogP contribution in [0.15, 0.2) is 29.7 Å². The molecule has 0 spiro atoms. The third kappa shape index (κ3) is 3.54. The van der Waals surface area contributed by atoms with Gasteiger partial charge in [-0.05, 0) is 30.7 Å². The van der Waals surface area contributed by atoms with Gasteiger partial charge in [0.15, 0.2) is 5.84 Å². The fraction of sp³-hybridized carbons (Fsp3) is 0.308. The second kappa shape index (κ2) is 6.31. The third-order valence-electron chi connectivity index (χ3n) is 3.11. The van der Waals surface area contributed by atoms with E-state index in [9.17, 15) is 4.39 Å². The summed E-state index contributed by atoms with van der Waals surface area (Å²) in [4.78, 5) is 0. The number of aryl methyl sites for hydroxylation is 1. The van der Waals surface area contributed by atoms with Crippen molar-refractivity contribution in [3.63, 3.8) is 0 Å². The molecule has 21 heavy (non-hydrogen) atoms. The molecule has 8 heteroatoms. The Balaban J connectivity index is 2.10. The van der Waals surface area contributed by atoms with E-state index < -0.39 is 5.82 Å². The average molecular weight is 292 g/mol. The van der Waals surface area contributed by atoms with Crippen LogP contribution in [0.3, 0.4) is 0 Å². The number of nitrogens with one attached hydrogen (secondary N) is 1. The van der Waals surface area contributed by atoms with Gasteiger partial charge in [0.2, 0.25) is 0 Å². The van der Waals surface area contributed by atoms with E-state index in [2.05, 4.69) is 20.7 Å². The molecule has 1 unspecified atom stereocenters. The van der Waals surface area contributed by atoms with E-state index in [1.54, 1.807) is 12.4 Å². The van der Waals surface area contributed by atoms with Gasteiger partial charge in [-0.1, -0.05) is 5.16 Å². The lowest BCUT2D eigenvalue weighted by molar-refractivity contribution is 0.318. The maximum absolute atomic E-state index is 13.5. The zero-order valence-electron chi connectivity index (χ0n) is 11.8. The van der Waals surface area contributed by atoms with Crippen LogP contribution in [0.5, 0.6) is 0 Å². The van der Waals surface area contributed by atoms with Gasteiger partial charge >= 0.3 is 0 Å². The van der Waals surface area contributed by atoms with Gasteiger partial charge in [0.1, 0.15) is 18.0 Å². The minimum absolute atomic E-state index is 0.0481. The number of amidine groups is 1. The predicted molar refractivity (Wildman–Crippen MR) is 75.2 cm³/mol. The van der Waals surface area contributed by atoms with Crippen LogP contribution in [0.4, 0.5) is 4.39 Å². The molecule has 0 aliphatic heterocycles. The summed E-state index contributed by atoms with van der Waals surface area (Å²) < 4.78 is 15.4. The molecule has 4 N–H and O–H groups in total. The van der Waals surface area contributed by atoms with Crippen molar-refractivity contribution in [1.29, 1.82) is 0 Å². The minimum Gasteiger partial charge on any atom is -0.409 e. The Kier molecular flexibility index (Phi) is 4.49. The number of oxime groups is 1. The molecule has 112 valence electrons. The number of aromatic nitrogens is 3. The molecule has 1 atom stereocenters. The number of hydrogen-bond acceptors (Lipinski definition) is 5. The molecule has 0 amide bonds. The number of benzene rings is 1. The van der Waals surface area contributed by atoms with Crippen molar-refractivity contribution in [2.75, 3.05) is 0 Å². The predicted octanol–water partition coefficient (Wildman–Crippen LogP) is 0.899. The van der Waals surface area contributed by atoms with Gasteiger partial charge in [0.05, 0.1) is 6.04 Å². The Morgan fingerprint density at radius 2 is 2.29 bits per heavy atom. The van der Waals surface area contributed by atoms with Crippen molar-refractivity contribution in [2.45, 2.75) is 19.5 Å². The fourth-order valence-electron chi connectivity index (χ4n) is 2.00. The average Bonchev–Trinajstić information content (AvgIpc) is 2.89. The standard InChI is InChI=1S/C13H17FN6O/c1-8(13-18-17-7-20(13)2)16-6-9-3-10(12(15)19-21)5-11(14)4-9/h3-5,7-8,16,21H,6H2,1-2H3,(H2,15,19). The van der Waals surface area contributed by atoms with Crippen molar-refractivity contribution in [1.82, 2.24) is 20.1 Å². The molecular weight excluding hydrogens is 275 g/mol. The molecule has 7 nitrogen and oxygen atoms in total. The molecule has 1 aromatic heterocycles. The monoisotopic (exact) mass is 292 g/mol. The van der Waals surface area contributed by atoms with E-state index in [1.807, 2.05) is 18.5 Å². The summed E-state index contributed by atoms with van der Waals surface area (Å²) in [6.45, 7) is 2.35. The van der Waals surface area contributed by atoms with Crippen LogP contribution in [0.1, 0.15) is 29.9 Å². The van der Waals surface area contributed by atoms with Crippen LogP contribution in [0, 0.1) is 5.82 Å². The first-order valence-electron chi connectivity index (χ1n) is 6.36. The first kappa shape index (κ1) is 14.9. The molecule has 0 aliphatic rings. The van der Waals surface area contributed by atoms with Gasteiger partial charge in [0.25, 0.3) is 0 Å². The zero-order valence-corrected chi connectivity index (χ0v) is 11.8. The van der Waals surface area contributed by atoms with Crippen LogP contribution in [-0.4, -0.2) is 25.8 Å². The lowest BCUT2D eigenvalue weighted by atomic mass is 10.1. The van der Waals surface area contributed by atoms with Crippen LogP contribution >= 0.6 is 0 Å². The summed E-state index contributed by atoms with van der Waals surface area (Å²) in [6, 6.07) is 4.22. The zero-order chi connectivity index (χ0) is 15.4. The second-order valence-electron chi connectivity index (χ2n) is 4.74. The van der Waals surface area contributed by atoms with Gasteiger partial charge in [-0.25, -0.2) is 4.39 Å². The van der Waals surface area contributed by atoms with Gasteiger partial charge in [-0.15, -0.1) is 10.2 Å². The molecule has 0 radical (unpaired) electrons. The number of nitrogens with zero attached hydrogens (tertiary/aromatic N) is 4. The van der Waals surface area contributed by atoms with E-state index in [-0.39, 0.29) is 11.9 Å². The van der Waals surface area contributed by atoms with Gasteiger partial charge in [-0.2, -0.15) is 0 Å². The Hall–Kier alpha value is -2.48. The maximum atomic E-state index is 13.5. The highest BCUT2D eigenvalue weighted by atomic mass is 19.1. The molecule has 0 bridgehead atoms. The summed E-state index contributed by atoms with van der Waals surface area (Å²) in [5, 5.41) is 22.6. The number of nitrogens with two attached hydrogens (primary N) is 1. The highest BCUT2D eigenvalue weighted by Gasteiger charge is 2.11. The molecule has 0 fully saturated rings. The third-order valence-corrected chi connectivity index (χ3v) is 3.11. The van der Waals surface area contributed by atoms with E-state index in [1.165, 1.54) is 12.1 Å². The topological polar surface area (TPSA) is 101 Å². The van der Waals surface area contributed by atoms with Gasteiger partial charge in [-0.3, -0.25) is 0 Å². The Morgan fingerprint density at radius 1 is 1.52 bits per heavy atom. The highest BCUT2D eigenvalue weighted by Crippen LogP contribution is 2.12. The van der Waals surface area contributed by atoms with E-state index in [0.717, 1.165) is 5.82 Å². The van der Waals surface area contributed by atoms with Crippen molar-refractivity contribution >= 4 is 5.84 Å². The molecule has 0 aliphatic carbocycles. The Labute approximate surface area is 121 Å². The Bertz CT molecular complexity index is 654. The van der Waals surface area contributed by atoms with E-state index in [4.69, 9.17) is 10.9 Å². The molecule has 0 saturated heterocycles. The van der Waals surface area contributed by atoms with Crippen molar-refractivity contribution in [2.24, 2.45) is 17.9 Å². The van der Waals surface area contributed by atoms with Gasteiger partial charge < -0.3 is 20.8 Å². The molecule has 1 aromatic carbocycles. The normalized spacial score (nSPS) is 13.4. The lowest BCUT2D eigenvalue weighted by Crippen LogP contribution is -2.21. The first-order chi connectivity index (χ1) is 10.0. The highest BCUT2D eigenvalue weighted by molar-refractivity contribution is 5.97. The van der Waals surface area contributed by atoms with Crippen LogP contribution in [0.2, 0.25) is 0 Å². The largest absolute Gasteiger partial charge is 0.409 e. The van der Waals surface area contributed by atoms with Crippen molar-refractivity contribution < 1.29 is 9.60 Å². The van der Waals surface area contributed by atoms with Crippen molar-refractivity contribution in [3.05, 3.63) is 47.3 Å². The number of rotatable bonds is 5. The fourth-order valence-corrected chi connectivity index (χ4v) is 2.00. The van der Waals surface area contributed by atoms with Gasteiger partial charge in [0, 0.05) is 19.2 Å². The second-order valence-corrected chi connectivity index (χ2v) is 4.74. The maximum Gasteiger partial charge on any atom is 0.170 e. The van der Waals surface area contributed by atoms with E-state index >= 15 is 0 Å². The smallest absolute Gasteiger partial charge is 0.170 e.